The van der Waals surface area contributed by atoms with E-state index in [1.54, 1.807) is 40.1 Å². The third kappa shape index (κ3) is 6.34. The number of aromatic nitrogens is 2. The number of methoxy groups -OCH3 is 1. The fraction of sp³-hybridized carbons (Fsp3) is 0.368. The Labute approximate surface area is 158 Å². The molecule has 8 heteroatoms. The Balaban J connectivity index is 2.36. The van der Waals surface area contributed by atoms with Gasteiger partial charge in [-0.3, -0.25) is 15.1 Å². The molecular weight excluding hydrogens is 348 g/mol. The summed E-state index contributed by atoms with van der Waals surface area (Å²) >= 11 is 0. The maximum atomic E-state index is 12.2. The Morgan fingerprint density at radius 2 is 1.85 bits per heavy atom. The van der Waals surface area contributed by atoms with E-state index in [1.807, 2.05) is 12.1 Å². The SMILES string of the molecule is COCc1ccc(-c2cnc(NC(C)=O)cc2NC(=O)OC(C)(C)C)nc1. The second-order valence-electron chi connectivity index (χ2n) is 6.91. The van der Waals surface area contributed by atoms with Crippen molar-refractivity contribution >= 4 is 23.5 Å². The normalized spacial score (nSPS) is 11.0. The molecule has 0 unspecified atom stereocenters. The van der Waals surface area contributed by atoms with Crippen LogP contribution in [0, 0.1) is 0 Å². The van der Waals surface area contributed by atoms with Gasteiger partial charge in [0.05, 0.1) is 18.0 Å². The average molecular weight is 372 g/mol. The lowest BCUT2D eigenvalue weighted by molar-refractivity contribution is -0.114. The quantitative estimate of drug-likeness (QED) is 0.831. The van der Waals surface area contributed by atoms with Gasteiger partial charge in [0.15, 0.2) is 0 Å². The van der Waals surface area contributed by atoms with Gasteiger partial charge >= 0.3 is 6.09 Å². The summed E-state index contributed by atoms with van der Waals surface area (Å²) in [7, 11) is 1.61. The van der Waals surface area contributed by atoms with Crippen molar-refractivity contribution in [2.24, 2.45) is 0 Å². The lowest BCUT2D eigenvalue weighted by atomic mass is 10.1. The van der Waals surface area contributed by atoms with E-state index in [9.17, 15) is 9.59 Å². The second-order valence-corrected chi connectivity index (χ2v) is 6.91. The highest BCUT2D eigenvalue weighted by Crippen LogP contribution is 2.28. The highest BCUT2D eigenvalue weighted by Gasteiger charge is 2.18. The molecule has 2 rings (SSSR count). The van der Waals surface area contributed by atoms with Crippen molar-refractivity contribution in [1.29, 1.82) is 0 Å². The van der Waals surface area contributed by atoms with E-state index in [2.05, 4.69) is 20.6 Å². The number of carbonyl (C=O) groups is 2. The van der Waals surface area contributed by atoms with Crippen molar-refractivity contribution in [2.75, 3.05) is 17.7 Å². The predicted molar refractivity (Wildman–Crippen MR) is 102 cm³/mol. The zero-order valence-corrected chi connectivity index (χ0v) is 16.1. The largest absolute Gasteiger partial charge is 0.444 e. The van der Waals surface area contributed by atoms with Crippen LogP contribution in [0.25, 0.3) is 11.3 Å². The predicted octanol–water partition coefficient (Wildman–Crippen LogP) is 3.60. The third-order valence-electron chi connectivity index (χ3n) is 3.26. The summed E-state index contributed by atoms with van der Waals surface area (Å²) in [6.07, 6.45) is 2.62. The fourth-order valence-corrected chi connectivity index (χ4v) is 2.26. The summed E-state index contributed by atoms with van der Waals surface area (Å²) in [6.45, 7) is 7.17. The number of rotatable bonds is 5. The number of amides is 2. The number of nitrogens with one attached hydrogen (secondary N) is 2. The fourth-order valence-electron chi connectivity index (χ4n) is 2.26. The van der Waals surface area contributed by atoms with Gasteiger partial charge in [0.25, 0.3) is 0 Å². The van der Waals surface area contributed by atoms with Crippen LogP contribution in [0.15, 0.2) is 30.6 Å². The number of pyridine rings is 2. The van der Waals surface area contributed by atoms with Crippen LogP contribution in [0.3, 0.4) is 0 Å². The molecule has 2 heterocycles. The Bertz CT molecular complexity index is 813. The van der Waals surface area contributed by atoms with Crippen LogP contribution in [0.1, 0.15) is 33.3 Å². The van der Waals surface area contributed by atoms with Gasteiger partial charge in [-0.05, 0) is 32.4 Å². The van der Waals surface area contributed by atoms with E-state index < -0.39 is 11.7 Å². The van der Waals surface area contributed by atoms with Crippen molar-refractivity contribution in [3.63, 3.8) is 0 Å². The summed E-state index contributed by atoms with van der Waals surface area (Å²) in [4.78, 5) is 32.1. The first-order chi connectivity index (χ1) is 12.7. The molecule has 0 aliphatic carbocycles. The maximum Gasteiger partial charge on any atom is 0.412 e. The van der Waals surface area contributed by atoms with Gasteiger partial charge in [-0.15, -0.1) is 0 Å². The molecule has 0 saturated carbocycles. The van der Waals surface area contributed by atoms with E-state index in [0.29, 0.717) is 29.4 Å². The number of ether oxygens (including phenoxy) is 2. The Morgan fingerprint density at radius 1 is 1.11 bits per heavy atom. The van der Waals surface area contributed by atoms with Gasteiger partial charge in [-0.25, -0.2) is 9.78 Å². The highest BCUT2D eigenvalue weighted by molar-refractivity contribution is 5.94. The number of carbonyl (C=O) groups excluding carboxylic acids is 2. The van der Waals surface area contributed by atoms with Crippen LogP contribution >= 0.6 is 0 Å². The van der Waals surface area contributed by atoms with Gasteiger partial charge in [-0.2, -0.15) is 0 Å². The number of anilines is 2. The standard InChI is InChI=1S/C19H24N4O4/c1-12(24)22-17-8-16(23-18(25)27-19(2,3)4)14(10-21-17)15-7-6-13(9-20-15)11-26-5/h6-10H,11H2,1-5H3,(H2,21,22,23,24,25). The van der Waals surface area contributed by atoms with E-state index in [4.69, 9.17) is 9.47 Å². The van der Waals surface area contributed by atoms with Gasteiger partial charge in [0, 0.05) is 38.1 Å². The molecule has 2 N–H and O–H groups in total. The van der Waals surface area contributed by atoms with Crippen molar-refractivity contribution in [3.8, 4) is 11.3 Å². The molecular formula is C19H24N4O4. The minimum absolute atomic E-state index is 0.263. The summed E-state index contributed by atoms with van der Waals surface area (Å²) in [5.74, 6) is 0.0498. The van der Waals surface area contributed by atoms with Crippen LogP contribution in [0.2, 0.25) is 0 Å². The van der Waals surface area contributed by atoms with E-state index in [-0.39, 0.29) is 5.91 Å². The van der Waals surface area contributed by atoms with Crippen molar-refractivity contribution in [2.45, 2.75) is 39.9 Å². The molecule has 0 atom stereocenters. The number of nitrogens with zero attached hydrogens (tertiary/aromatic N) is 2. The first-order valence-electron chi connectivity index (χ1n) is 8.40. The summed E-state index contributed by atoms with van der Waals surface area (Å²) in [5.41, 5.74) is 1.92. The molecule has 144 valence electrons. The molecule has 2 aromatic heterocycles. The summed E-state index contributed by atoms with van der Waals surface area (Å²) in [5, 5.41) is 5.29. The first-order valence-corrected chi connectivity index (χ1v) is 8.40. The Morgan fingerprint density at radius 3 is 2.41 bits per heavy atom. The smallest absolute Gasteiger partial charge is 0.412 e. The summed E-state index contributed by atoms with van der Waals surface area (Å²) in [6, 6.07) is 5.25. The van der Waals surface area contributed by atoms with Crippen LogP contribution in [0.4, 0.5) is 16.3 Å². The highest BCUT2D eigenvalue weighted by atomic mass is 16.6. The zero-order chi connectivity index (χ0) is 20.0. The van der Waals surface area contributed by atoms with Crippen molar-refractivity contribution in [3.05, 3.63) is 36.2 Å². The van der Waals surface area contributed by atoms with Crippen LogP contribution in [0.5, 0.6) is 0 Å². The van der Waals surface area contributed by atoms with Crippen molar-refractivity contribution in [1.82, 2.24) is 9.97 Å². The molecule has 0 radical (unpaired) electrons. The molecule has 0 spiro atoms. The van der Waals surface area contributed by atoms with E-state index >= 15 is 0 Å². The molecule has 0 aliphatic heterocycles. The first kappa shape index (κ1) is 20.3. The van der Waals surface area contributed by atoms with Gasteiger partial charge in [-0.1, -0.05) is 6.07 Å². The average Bonchev–Trinajstić information content (AvgIpc) is 2.54. The molecule has 2 amide bonds. The lowest BCUT2D eigenvalue weighted by Gasteiger charge is -2.20. The molecule has 0 aromatic carbocycles. The molecule has 8 nitrogen and oxygen atoms in total. The Hall–Kier alpha value is -3.00. The molecule has 0 fully saturated rings. The molecule has 2 aromatic rings. The van der Waals surface area contributed by atoms with Crippen molar-refractivity contribution < 1.29 is 19.1 Å². The van der Waals surface area contributed by atoms with Gasteiger partial charge < -0.3 is 14.8 Å². The number of hydrogen-bond acceptors (Lipinski definition) is 6. The minimum atomic E-state index is -0.641. The second kappa shape index (κ2) is 8.59. The lowest BCUT2D eigenvalue weighted by Crippen LogP contribution is -2.27. The summed E-state index contributed by atoms with van der Waals surface area (Å²) < 4.78 is 10.4. The zero-order valence-electron chi connectivity index (χ0n) is 16.1. The monoisotopic (exact) mass is 372 g/mol. The molecule has 0 aliphatic rings. The molecule has 0 saturated heterocycles. The molecule has 27 heavy (non-hydrogen) atoms. The van der Waals surface area contributed by atoms with Crippen LogP contribution < -0.4 is 10.6 Å². The Kier molecular flexibility index (Phi) is 6.46. The van der Waals surface area contributed by atoms with Crippen LogP contribution in [-0.2, 0) is 20.9 Å². The number of hydrogen-bond donors (Lipinski definition) is 2. The minimum Gasteiger partial charge on any atom is -0.444 e. The van der Waals surface area contributed by atoms with Gasteiger partial charge in [0.2, 0.25) is 5.91 Å². The van der Waals surface area contributed by atoms with Crippen LogP contribution in [-0.4, -0.2) is 34.7 Å². The maximum absolute atomic E-state index is 12.2. The van der Waals surface area contributed by atoms with E-state index in [0.717, 1.165) is 5.56 Å². The van der Waals surface area contributed by atoms with Gasteiger partial charge in [0.1, 0.15) is 11.4 Å². The molecule has 0 bridgehead atoms. The van der Waals surface area contributed by atoms with E-state index in [1.165, 1.54) is 13.1 Å². The topological polar surface area (TPSA) is 102 Å². The third-order valence-corrected chi connectivity index (χ3v) is 3.26.